The van der Waals surface area contributed by atoms with Gasteiger partial charge in [0.25, 0.3) is 0 Å². The number of para-hydroxylation sites is 1. The molecule has 2 nitrogen and oxygen atoms in total. The second-order valence-corrected chi connectivity index (χ2v) is 7.09. The van der Waals surface area contributed by atoms with Crippen molar-refractivity contribution in [3.8, 4) is 0 Å². The number of anilines is 1. The number of allylic oxidation sites excluding steroid dienone is 1. The predicted octanol–water partition coefficient (Wildman–Crippen LogP) is 4.86. The summed E-state index contributed by atoms with van der Waals surface area (Å²) in [7, 11) is 4.14. The van der Waals surface area contributed by atoms with Crippen molar-refractivity contribution in [2.24, 2.45) is 0 Å². The van der Waals surface area contributed by atoms with Gasteiger partial charge in [0.15, 0.2) is 5.71 Å². The second kappa shape index (κ2) is 6.27. The van der Waals surface area contributed by atoms with Crippen molar-refractivity contribution in [2.75, 3.05) is 25.5 Å². The monoisotopic (exact) mass is 319 g/mol. The van der Waals surface area contributed by atoms with Gasteiger partial charge in [-0.25, -0.2) is 0 Å². The quantitative estimate of drug-likeness (QED) is 0.729. The number of hydrogen-bond donors (Lipinski definition) is 0. The van der Waals surface area contributed by atoms with Crippen LogP contribution in [-0.4, -0.2) is 30.9 Å². The molecule has 124 valence electrons. The Kier molecular flexibility index (Phi) is 4.31. The fourth-order valence-corrected chi connectivity index (χ4v) is 3.54. The molecule has 0 aromatic heterocycles. The molecular formula is C22H27N2+. The molecule has 0 amide bonds. The molecule has 0 saturated heterocycles. The molecule has 24 heavy (non-hydrogen) atoms. The van der Waals surface area contributed by atoms with E-state index in [-0.39, 0.29) is 5.41 Å². The van der Waals surface area contributed by atoms with Gasteiger partial charge >= 0.3 is 0 Å². The summed E-state index contributed by atoms with van der Waals surface area (Å²) in [4.78, 5) is 2.12. The highest BCUT2D eigenvalue weighted by molar-refractivity contribution is 6.05. The fourth-order valence-electron chi connectivity index (χ4n) is 3.54. The SMILES string of the molecule is CC[N+]1=C(/C=C/c2ccc(N(C)C)cc2)C(C)(C)c2ccccc21. The van der Waals surface area contributed by atoms with Crippen molar-refractivity contribution < 1.29 is 4.58 Å². The highest BCUT2D eigenvalue weighted by Crippen LogP contribution is 2.39. The molecule has 0 radical (unpaired) electrons. The summed E-state index contributed by atoms with van der Waals surface area (Å²) in [6, 6.07) is 17.4. The van der Waals surface area contributed by atoms with E-state index in [0.29, 0.717) is 0 Å². The van der Waals surface area contributed by atoms with Gasteiger partial charge in [-0.3, -0.25) is 0 Å². The molecule has 1 aliphatic heterocycles. The van der Waals surface area contributed by atoms with Gasteiger partial charge in [-0.15, -0.1) is 0 Å². The van der Waals surface area contributed by atoms with Gasteiger partial charge in [0.1, 0.15) is 6.54 Å². The molecule has 0 spiro atoms. The van der Waals surface area contributed by atoms with E-state index in [0.717, 1.165) is 6.54 Å². The van der Waals surface area contributed by atoms with Gasteiger partial charge in [0.05, 0.1) is 5.41 Å². The Balaban J connectivity index is 1.96. The maximum atomic E-state index is 2.43. The standard InChI is InChI=1S/C22H27N2/c1-6-24-20-10-8-7-9-19(20)22(2,3)21(24)16-13-17-11-14-18(15-12-17)23(4)5/h7-16H,6H2,1-5H3/q+1. The van der Waals surface area contributed by atoms with Crippen molar-refractivity contribution in [1.82, 2.24) is 0 Å². The lowest BCUT2D eigenvalue weighted by Crippen LogP contribution is -2.27. The van der Waals surface area contributed by atoms with E-state index in [9.17, 15) is 0 Å². The number of fused-ring (bicyclic) bond motifs is 1. The van der Waals surface area contributed by atoms with Crippen molar-refractivity contribution in [3.63, 3.8) is 0 Å². The van der Waals surface area contributed by atoms with Crippen LogP contribution in [0.5, 0.6) is 0 Å². The molecule has 0 saturated carbocycles. The molecule has 2 heteroatoms. The number of rotatable bonds is 4. The highest BCUT2D eigenvalue weighted by Gasteiger charge is 2.43. The number of benzene rings is 2. The van der Waals surface area contributed by atoms with Crippen LogP contribution in [-0.2, 0) is 5.41 Å². The minimum absolute atomic E-state index is 0.0344. The van der Waals surface area contributed by atoms with Crippen LogP contribution in [0.2, 0.25) is 0 Å². The summed E-state index contributed by atoms with van der Waals surface area (Å²) in [6.45, 7) is 7.84. The third-order valence-corrected chi connectivity index (χ3v) is 4.96. The largest absolute Gasteiger partial charge is 0.378 e. The number of hydrogen-bond acceptors (Lipinski definition) is 1. The molecule has 1 heterocycles. The Hall–Kier alpha value is -2.35. The Bertz CT molecular complexity index is 793. The fraction of sp³-hybridized carbons (Fsp3) is 0.318. The van der Waals surface area contributed by atoms with Crippen molar-refractivity contribution in [2.45, 2.75) is 26.2 Å². The smallest absolute Gasteiger partial charge is 0.209 e. The van der Waals surface area contributed by atoms with Crippen LogP contribution in [0, 0.1) is 0 Å². The van der Waals surface area contributed by atoms with E-state index in [4.69, 9.17) is 0 Å². The average molecular weight is 319 g/mol. The van der Waals surface area contributed by atoms with Crippen LogP contribution in [0.25, 0.3) is 6.08 Å². The highest BCUT2D eigenvalue weighted by atomic mass is 15.1. The molecular weight excluding hydrogens is 292 g/mol. The van der Waals surface area contributed by atoms with Gasteiger partial charge < -0.3 is 4.90 Å². The lowest BCUT2D eigenvalue weighted by atomic mass is 9.81. The zero-order valence-corrected chi connectivity index (χ0v) is 15.4. The predicted molar refractivity (Wildman–Crippen MR) is 105 cm³/mol. The summed E-state index contributed by atoms with van der Waals surface area (Å²) >= 11 is 0. The topological polar surface area (TPSA) is 6.25 Å². The first kappa shape index (κ1) is 16.5. The zero-order chi connectivity index (χ0) is 17.3. The van der Waals surface area contributed by atoms with E-state index in [2.05, 4.69) is 105 Å². The summed E-state index contributed by atoms with van der Waals surface area (Å²) < 4.78 is 2.43. The zero-order valence-electron chi connectivity index (χ0n) is 15.4. The first-order valence-electron chi connectivity index (χ1n) is 8.65. The van der Waals surface area contributed by atoms with Crippen molar-refractivity contribution in [1.29, 1.82) is 0 Å². The maximum Gasteiger partial charge on any atom is 0.209 e. The molecule has 1 aliphatic rings. The molecule has 0 unspecified atom stereocenters. The van der Waals surface area contributed by atoms with Gasteiger partial charge in [0.2, 0.25) is 5.69 Å². The van der Waals surface area contributed by atoms with Crippen molar-refractivity contribution >= 4 is 23.2 Å². The lowest BCUT2D eigenvalue weighted by molar-refractivity contribution is -0.433. The van der Waals surface area contributed by atoms with Crippen LogP contribution in [0.15, 0.2) is 54.6 Å². The molecule has 0 bridgehead atoms. The van der Waals surface area contributed by atoms with Gasteiger partial charge in [0, 0.05) is 37.5 Å². The Labute approximate surface area is 145 Å². The summed E-state index contributed by atoms with van der Waals surface area (Å²) in [5, 5.41) is 0. The molecule has 0 fully saturated rings. The normalized spacial score (nSPS) is 15.9. The third-order valence-electron chi connectivity index (χ3n) is 4.96. The number of nitrogens with zero attached hydrogens (tertiary/aromatic N) is 2. The Morgan fingerprint density at radius 3 is 2.25 bits per heavy atom. The van der Waals surface area contributed by atoms with E-state index in [1.807, 2.05) is 0 Å². The van der Waals surface area contributed by atoms with E-state index in [1.54, 1.807) is 0 Å². The second-order valence-electron chi connectivity index (χ2n) is 7.09. The first-order chi connectivity index (χ1) is 11.4. The Morgan fingerprint density at radius 1 is 0.958 bits per heavy atom. The molecule has 2 aromatic carbocycles. The van der Waals surface area contributed by atoms with Gasteiger partial charge in [-0.2, -0.15) is 4.58 Å². The minimum Gasteiger partial charge on any atom is -0.378 e. The van der Waals surface area contributed by atoms with Crippen LogP contribution in [0.3, 0.4) is 0 Å². The molecule has 2 aromatic rings. The van der Waals surface area contributed by atoms with Gasteiger partial charge in [-0.1, -0.05) is 30.3 Å². The third kappa shape index (κ3) is 2.77. The van der Waals surface area contributed by atoms with Crippen LogP contribution < -0.4 is 4.90 Å². The van der Waals surface area contributed by atoms with Crippen LogP contribution >= 0.6 is 0 Å². The molecule has 0 N–H and O–H groups in total. The minimum atomic E-state index is 0.0344. The van der Waals surface area contributed by atoms with E-state index < -0.39 is 0 Å². The van der Waals surface area contributed by atoms with Gasteiger partial charge in [-0.05, 0) is 44.5 Å². The maximum absolute atomic E-state index is 2.43. The van der Waals surface area contributed by atoms with Crippen molar-refractivity contribution in [3.05, 3.63) is 65.7 Å². The molecule has 3 rings (SSSR count). The van der Waals surface area contributed by atoms with Crippen LogP contribution in [0.4, 0.5) is 11.4 Å². The average Bonchev–Trinajstić information content (AvgIpc) is 2.80. The lowest BCUT2D eigenvalue weighted by Gasteiger charge is -2.15. The summed E-state index contributed by atoms with van der Waals surface area (Å²) in [6.07, 6.45) is 4.51. The van der Waals surface area contributed by atoms with E-state index in [1.165, 1.54) is 28.2 Å². The molecule has 0 aliphatic carbocycles. The van der Waals surface area contributed by atoms with E-state index >= 15 is 0 Å². The van der Waals surface area contributed by atoms with Crippen LogP contribution in [0.1, 0.15) is 31.9 Å². The Morgan fingerprint density at radius 2 is 1.62 bits per heavy atom. The molecule has 0 atom stereocenters. The summed E-state index contributed by atoms with van der Waals surface area (Å²) in [5.41, 5.74) is 6.61. The first-order valence-corrected chi connectivity index (χ1v) is 8.65. The summed E-state index contributed by atoms with van der Waals surface area (Å²) in [5.74, 6) is 0.